The number of piperazine rings is 1. The molecule has 0 aromatic rings. The van der Waals surface area contributed by atoms with Crippen LogP contribution in [0.25, 0.3) is 0 Å². The second kappa shape index (κ2) is 6.44. The molecule has 0 radical (unpaired) electrons. The molecule has 1 amide bonds. The number of carbonyl (C=O) groups excluding carboxylic acids is 1. The van der Waals surface area contributed by atoms with E-state index in [0.717, 1.165) is 44.8 Å². The average molecular weight is 280 g/mol. The van der Waals surface area contributed by atoms with Gasteiger partial charge in [0.05, 0.1) is 0 Å². The van der Waals surface area contributed by atoms with Gasteiger partial charge in [-0.1, -0.05) is 12.8 Å². The second-order valence-corrected chi connectivity index (χ2v) is 6.87. The molecule has 3 aliphatic rings. The molecule has 0 spiro atoms. The van der Waals surface area contributed by atoms with Crippen molar-refractivity contribution in [2.45, 2.75) is 51.0 Å². The summed E-state index contributed by atoms with van der Waals surface area (Å²) in [6.45, 7) is 4.14. The summed E-state index contributed by atoms with van der Waals surface area (Å²) in [4.78, 5) is 17.1. The van der Waals surface area contributed by atoms with E-state index in [9.17, 15) is 9.90 Å². The molecule has 4 nitrogen and oxygen atoms in total. The molecular weight excluding hydrogens is 252 g/mol. The van der Waals surface area contributed by atoms with E-state index < -0.39 is 0 Å². The number of nitrogens with zero attached hydrogens (tertiary/aromatic N) is 2. The largest absolute Gasteiger partial charge is 0.396 e. The molecule has 4 heteroatoms. The molecule has 0 aromatic heterocycles. The lowest BCUT2D eigenvalue weighted by atomic mass is 10.0. The Bertz CT molecular complexity index is 337. The predicted molar refractivity (Wildman–Crippen MR) is 78.3 cm³/mol. The van der Waals surface area contributed by atoms with Crippen LogP contribution in [0.1, 0.15) is 44.9 Å². The van der Waals surface area contributed by atoms with E-state index in [0.29, 0.717) is 17.9 Å². The molecule has 0 unspecified atom stereocenters. The molecular formula is C16H28N2O2. The normalized spacial score (nSPS) is 29.1. The third kappa shape index (κ3) is 3.34. The maximum Gasteiger partial charge on any atom is 0.225 e. The Morgan fingerprint density at radius 2 is 1.85 bits per heavy atom. The van der Waals surface area contributed by atoms with Crippen LogP contribution in [-0.4, -0.2) is 59.6 Å². The van der Waals surface area contributed by atoms with Crippen LogP contribution in [-0.2, 0) is 4.79 Å². The van der Waals surface area contributed by atoms with Crippen LogP contribution in [0.4, 0.5) is 0 Å². The van der Waals surface area contributed by atoms with Crippen molar-refractivity contribution >= 4 is 5.91 Å². The number of carbonyl (C=O) groups is 1. The minimum atomic E-state index is 0.233. The van der Waals surface area contributed by atoms with Gasteiger partial charge in [0.1, 0.15) is 0 Å². The molecule has 1 N–H and O–H groups in total. The third-order valence-electron chi connectivity index (χ3n) is 5.27. The van der Waals surface area contributed by atoms with Gasteiger partial charge in [-0.25, -0.2) is 0 Å². The SMILES string of the molecule is O=C(C1CCCC1)N1CCN(CC2CC2)[C@H](CCO)C1. The van der Waals surface area contributed by atoms with E-state index >= 15 is 0 Å². The average Bonchev–Trinajstić information content (AvgIpc) is 3.10. The second-order valence-electron chi connectivity index (χ2n) is 6.87. The number of rotatable bonds is 5. The number of amides is 1. The Morgan fingerprint density at radius 1 is 1.10 bits per heavy atom. The number of hydrogen-bond donors (Lipinski definition) is 1. The van der Waals surface area contributed by atoms with Crippen molar-refractivity contribution in [3.8, 4) is 0 Å². The highest BCUT2D eigenvalue weighted by atomic mass is 16.3. The monoisotopic (exact) mass is 280 g/mol. The number of aliphatic hydroxyl groups excluding tert-OH is 1. The first-order valence-electron chi connectivity index (χ1n) is 8.41. The highest BCUT2D eigenvalue weighted by Gasteiger charge is 2.35. The van der Waals surface area contributed by atoms with Crippen LogP contribution in [0.2, 0.25) is 0 Å². The Balaban J connectivity index is 1.56. The fourth-order valence-electron chi connectivity index (χ4n) is 3.82. The van der Waals surface area contributed by atoms with Gasteiger partial charge >= 0.3 is 0 Å². The van der Waals surface area contributed by atoms with E-state index in [1.165, 1.54) is 32.2 Å². The zero-order valence-electron chi connectivity index (χ0n) is 12.5. The van der Waals surface area contributed by atoms with Gasteiger partial charge in [-0.3, -0.25) is 9.69 Å². The summed E-state index contributed by atoms with van der Waals surface area (Å²) in [5.74, 6) is 1.56. The first kappa shape index (κ1) is 14.3. The molecule has 3 fully saturated rings. The van der Waals surface area contributed by atoms with Crippen molar-refractivity contribution in [2.75, 3.05) is 32.8 Å². The van der Waals surface area contributed by atoms with Crippen molar-refractivity contribution in [1.29, 1.82) is 0 Å². The lowest BCUT2D eigenvalue weighted by Gasteiger charge is -2.42. The van der Waals surface area contributed by atoms with Gasteiger partial charge in [0, 0.05) is 44.7 Å². The van der Waals surface area contributed by atoms with Crippen molar-refractivity contribution in [3.63, 3.8) is 0 Å². The minimum Gasteiger partial charge on any atom is -0.396 e. The van der Waals surface area contributed by atoms with E-state index in [2.05, 4.69) is 9.80 Å². The van der Waals surface area contributed by atoms with Gasteiger partial charge in [-0.2, -0.15) is 0 Å². The first-order chi connectivity index (χ1) is 9.78. The fraction of sp³-hybridized carbons (Fsp3) is 0.938. The summed E-state index contributed by atoms with van der Waals surface area (Å²) in [5, 5.41) is 9.29. The molecule has 2 saturated carbocycles. The van der Waals surface area contributed by atoms with Crippen LogP contribution >= 0.6 is 0 Å². The van der Waals surface area contributed by atoms with Crippen molar-refractivity contribution in [1.82, 2.24) is 9.80 Å². The Hall–Kier alpha value is -0.610. The molecule has 0 bridgehead atoms. The van der Waals surface area contributed by atoms with Crippen LogP contribution < -0.4 is 0 Å². The Kier molecular flexibility index (Phi) is 4.61. The summed E-state index contributed by atoms with van der Waals surface area (Å²) >= 11 is 0. The highest BCUT2D eigenvalue weighted by Crippen LogP contribution is 2.32. The molecule has 114 valence electrons. The van der Waals surface area contributed by atoms with Gasteiger partial charge in [-0.15, -0.1) is 0 Å². The van der Waals surface area contributed by atoms with E-state index in [1.807, 2.05) is 0 Å². The molecule has 20 heavy (non-hydrogen) atoms. The first-order valence-corrected chi connectivity index (χ1v) is 8.41. The molecule has 1 atom stereocenters. The highest BCUT2D eigenvalue weighted by molar-refractivity contribution is 5.79. The quantitative estimate of drug-likeness (QED) is 0.829. The molecule has 1 heterocycles. The molecule has 1 saturated heterocycles. The van der Waals surface area contributed by atoms with Crippen LogP contribution in [0.5, 0.6) is 0 Å². The Morgan fingerprint density at radius 3 is 2.50 bits per heavy atom. The fourth-order valence-corrected chi connectivity index (χ4v) is 3.82. The topological polar surface area (TPSA) is 43.8 Å². The molecule has 3 rings (SSSR count). The van der Waals surface area contributed by atoms with E-state index in [-0.39, 0.29) is 6.61 Å². The maximum atomic E-state index is 12.5. The third-order valence-corrected chi connectivity index (χ3v) is 5.27. The minimum absolute atomic E-state index is 0.233. The zero-order valence-corrected chi connectivity index (χ0v) is 12.5. The van der Waals surface area contributed by atoms with Crippen LogP contribution in [0.3, 0.4) is 0 Å². The predicted octanol–water partition coefficient (Wildman–Crippen LogP) is 1.48. The summed E-state index contributed by atoms with van der Waals surface area (Å²) in [5.41, 5.74) is 0. The van der Waals surface area contributed by atoms with Gasteiger partial charge in [0.25, 0.3) is 0 Å². The standard InChI is InChI=1S/C16H28N2O2/c19-10-7-15-12-18(16(20)14-3-1-2-4-14)9-8-17(15)11-13-5-6-13/h13-15,19H,1-12H2/t15-/m1/s1. The van der Waals surface area contributed by atoms with Gasteiger partial charge in [-0.05, 0) is 38.0 Å². The van der Waals surface area contributed by atoms with Crippen LogP contribution in [0.15, 0.2) is 0 Å². The zero-order chi connectivity index (χ0) is 13.9. The summed E-state index contributed by atoms with van der Waals surface area (Å²) in [7, 11) is 0. The van der Waals surface area contributed by atoms with E-state index in [4.69, 9.17) is 0 Å². The number of aliphatic hydroxyl groups is 1. The maximum absolute atomic E-state index is 12.5. The van der Waals surface area contributed by atoms with Gasteiger partial charge in [0.15, 0.2) is 0 Å². The van der Waals surface area contributed by atoms with Gasteiger partial charge < -0.3 is 10.0 Å². The van der Waals surface area contributed by atoms with Crippen molar-refractivity contribution < 1.29 is 9.90 Å². The van der Waals surface area contributed by atoms with E-state index in [1.54, 1.807) is 0 Å². The molecule has 1 aliphatic heterocycles. The molecule has 0 aromatic carbocycles. The molecule has 2 aliphatic carbocycles. The lowest BCUT2D eigenvalue weighted by molar-refractivity contribution is -0.138. The Labute approximate surface area is 122 Å². The summed E-state index contributed by atoms with van der Waals surface area (Å²) in [6, 6.07) is 0.375. The number of hydrogen-bond acceptors (Lipinski definition) is 3. The smallest absolute Gasteiger partial charge is 0.225 e. The van der Waals surface area contributed by atoms with Crippen molar-refractivity contribution in [3.05, 3.63) is 0 Å². The summed E-state index contributed by atoms with van der Waals surface area (Å²) in [6.07, 6.45) is 8.16. The van der Waals surface area contributed by atoms with Gasteiger partial charge in [0.2, 0.25) is 5.91 Å². The summed E-state index contributed by atoms with van der Waals surface area (Å²) < 4.78 is 0. The van der Waals surface area contributed by atoms with Crippen molar-refractivity contribution in [2.24, 2.45) is 11.8 Å². The lowest BCUT2D eigenvalue weighted by Crippen LogP contribution is -2.56. The van der Waals surface area contributed by atoms with Crippen LogP contribution in [0, 0.1) is 11.8 Å².